The first-order chi connectivity index (χ1) is 11.5. The molecule has 0 aliphatic carbocycles. The molecule has 0 aliphatic rings. The maximum atomic E-state index is 13.1. The van der Waals surface area contributed by atoms with Crippen LogP contribution < -0.4 is 0 Å². The van der Waals surface area contributed by atoms with E-state index in [0.717, 1.165) is 18.2 Å². The molecule has 0 N–H and O–H groups in total. The number of ether oxygens (including phenoxy) is 1. The highest BCUT2D eigenvalue weighted by Gasteiger charge is 2.15. The quantitative estimate of drug-likeness (QED) is 0.665. The molecule has 1 heterocycles. The van der Waals surface area contributed by atoms with E-state index >= 15 is 0 Å². The fourth-order valence-corrected chi connectivity index (χ4v) is 2.12. The Morgan fingerprint density at radius 2 is 1.96 bits per heavy atom. The van der Waals surface area contributed by atoms with E-state index in [9.17, 15) is 13.6 Å². The predicted molar refractivity (Wildman–Crippen MR) is 80.2 cm³/mol. The molecule has 0 saturated heterocycles. The zero-order valence-electron chi connectivity index (χ0n) is 12.0. The fraction of sp³-hybridized carbons (Fsp3) is 0.0625. The van der Waals surface area contributed by atoms with E-state index in [-0.39, 0.29) is 23.9 Å². The first-order valence-corrected chi connectivity index (χ1v) is 7.12. The highest BCUT2D eigenvalue weighted by Crippen LogP contribution is 2.25. The molecule has 8 heteroatoms. The molecule has 1 aromatic heterocycles. The van der Waals surface area contributed by atoms with Gasteiger partial charge in [0, 0.05) is 5.56 Å². The summed E-state index contributed by atoms with van der Waals surface area (Å²) < 4.78 is 35.8. The van der Waals surface area contributed by atoms with E-state index in [0.29, 0.717) is 10.6 Å². The standard InChI is InChI=1S/C16H9ClF2N2O3/c17-11-4-2-1-3-10(11)15-20-14(24-21-15)8-23-16(22)9-5-6-12(18)13(19)7-9/h1-7H,8H2. The van der Waals surface area contributed by atoms with E-state index in [1.807, 2.05) is 0 Å². The van der Waals surface area contributed by atoms with Crippen LogP contribution in [0, 0.1) is 11.6 Å². The summed E-state index contributed by atoms with van der Waals surface area (Å²) in [6, 6.07) is 9.62. The number of rotatable bonds is 4. The molecule has 5 nitrogen and oxygen atoms in total. The fourth-order valence-electron chi connectivity index (χ4n) is 1.90. The Hall–Kier alpha value is -2.80. The van der Waals surface area contributed by atoms with E-state index in [1.165, 1.54) is 0 Å². The predicted octanol–water partition coefficient (Wildman–Crippen LogP) is 4.03. The normalized spacial score (nSPS) is 10.6. The summed E-state index contributed by atoms with van der Waals surface area (Å²) in [5.74, 6) is -2.73. The van der Waals surface area contributed by atoms with Gasteiger partial charge in [0.1, 0.15) is 0 Å². The molecule has 0 atom stereocenters. The molecule has 2 aromatic carbocycles. The zero-order chi connectivity index (χ0) is 17.1. The first kappa shape index (κ1) is 16.1. The third-order valence-corrected chi connectivity index (χ3v) is 3.39. The van der Waals surface area contributed by atoms with Crippen LogP contribution in [0.3, 0.4) is 0 Å². The lowest BCUT2D eigenvalue weighted by molar-refractivity contribution is 0.0429. The smallest absolute Gasteiger partial charge is 0.338 e. The van der Waals surface area contributed by atoms with Crippen molar-refractivity contribution in [2.45, 2.75) is 6.61 Å². The zero-order valence-corrected chi connectivity index (χ0v) is 12.8. The Labute approximate surface area is 139 Å². The summed E-state index contributed by atoms with van der Waals surface area (Å²) in [5, 5.41) is 4.20. The van der Waals surface area contributed by atoms with Gasteiger partial charge < -0.3 is 9.26 Å². The Morgan fingerprint density at radius 3 is 2.71 bits per heavy atom. The molecule has 0 spiro atoms. The summed E-state index contributed by atoms with van der Waals surface area (Å²) in [7, 11) is 0. The van der Waals surface area contributed by atoms with Gasteiger partial charge in [0.15, 0.2) is 18.2 Å². The van der Waals surface area contributed by atoms with Crippen LogP contribution in [0.1, 0.15) is 16.2 Å². The van der Waals surface area contributed by atoms with Crippen LogP contribution in [0.15, 0.2) is 47.0 Å². The molecule has 0 unspecified atom stereocenters. The lowest BCUT2D eigenvalue weighted by Gasteiger charge is -2.02. The largest absolute Gasteiger partial charge is 0.452 e. The number of halogens is 3. The van der Waals surface area contributed by atoms with Crippen LogP contribution in [0.4, 0.5) is 8.78 Å². The lowest BCUT2D eigenvalue weighted by Crippen LogP contribution is -2.06. The molecule has 3 rings (SSSR count). The Kier molecular flexibility index (Phi) is 4.52. The third-order valence-electron chi connectivity index (χ3n) is 3.06. The number of benzene rings is 2. The van der Waals surface area contributed by atoms with E-state index < -0.39 is 17.6 Å². The number of nitrogens with zero attached hydrogens (tertiary/aromatic N) is 2. The van der Waals surface area contributed by atoms with Crippen molar-refractivity contribution in [2.75, 3.05) is 0 Å². The molecule has 0 amide bonds. The molecule has 0 fully saturated rings. The van der Waals surface area contributed by atoms with Crippen LogP contribution in [0.25, 0.3) is 11.4 Å². The van der Waals surface area contributed by atoms with Crippen molar-refractivity contribution >= 4 is 17.6 Å². The molecular formula is C16H9ClF2N2O3. The Morgan fingerprint density at radius 1 is 1.17 bits per heavy atom. The van der Waals surface area contributed by atoms with Gasteiger partial charge in [0.25, 0.3) is 5.89 Å². The van der Waals surface area contributed by atoms with Crippen molar-refractivity contribution in [1.82, 2.24) is 10.1 Å². The maximum absolute atomic E-state index is 13.1. The highest BCUT2D eigenvalue weighted by molar-refractivity contribution is 6.33. The van der Waals surface area contributed by atoms with Crippen LogP contribution >= 0.6 is 11.6 Å². The van der Waals surface area contributed by atoms with Gasteiger partial charge in [-0.3, -0.25) is 0 Å². The summed E-state index contributed by atoms with van der Waals surface area (Å²) >= 11 is 6.03. The topological polar surface area (TPSA) is 65.2 Å². The van der Waals surface area contributed by atoms with Gasteiger partial charge in [0.05, 0.1) is 10.6 Å². The second kappa shape index (κ2) is 6.76. The van der Waals surface area contributed by atoms with Gasteiger partial charge in [-0.2, -0.15) is 4.98 Å². The first-order valence-electron chi connectivity index (χ1n) is 6.74. The third kappa shape index (κ3) is 3.41. The molecule has 0 saturated carbocycles. The molecule has 0 aliphatic heterocycles. The molecule has 24 heavy (non-hydrogen) atoms. The monoisotopic (exact) mass is 350 g/mol. The number of carbonyl (C=O) groups is 1. The van der Waals surface area contributed by atoms with Gasteiger partial charge in [-0.25, -0.2) is 13.6 Å². The van der Waals surface area contributed by atoms with Gasteiger partial charge in [-0.05, 0) is 30.3 Å². The van der Waals surface area contributed by atoms with Crippen molar-refractivity contribution in [3.63, 3.8) is 0 Å². The molecule has 3 aromatic rings. The maximum Gasteiger partial charge on any atom is 0.338 e. The van der Waals surface area contributed by atoms with Crippen molar-refractivity contribution < 1.29 is 22.8 Å². The minimum absolute atomic E-state index is 0.0425. The van der Waals surface area contributed by atoms with E-state index in [2.05, 4.69) is 10.1 Å². The van der Waals surface area contributed by atoms with Crippen molar-refractivity contribution in [1.29, 1.82) is 0 Å². The number of aromatic nitrogens is 2. The van der Waals surface area contributed by atoms with Crippen molar-refractivity contribution in [2.24, 2.45) is 0 Å². The average Bonchev–Trinajstić information content (AvgIpc) is 3.04. The number of carbonyl (C=O) groups excluding carboxylic acids is 1. The second-order valence-electron chi connectivity index (χ2n) is 4.70. The number of hydrogen-bond acceptors (Lipinski definition) is 5. The summed E-state index contributed by atoms with van der Waals surface area (Å²) in [5.41, 5.74) is 0.445. The minimum atomic E-state index is -1.14. The lowest BCUT2D eigenvalue weighted by atomic mass is 10.2. The van der Waals surface area contributed by atoms with Gasteiger partial charge >= 0.3 is 5.97 Å². The van der Waals surface area contributed by atoms with Gasteiger partial charge in [0.2, 0.25) is 5.82 Å². The van der Waals surface area contributed by atoms with Crippen LogP contribution in [-0.4, -0.2) is 16.1 Å². The number of esters is 1. The van der Waals surface area contributed by atoms with Crippen LogP contribution in [-0.2, 0) is 11.3 Å². The van der Waals surface area contributed by atoms with Crippen LogP contribution in [0.2, 0.25) is 5.02 Å². The Bertz CT molecular complexity index is 899. The molecule has 0 bridgehead atoms. The van der Waals surface area contributed by atoms with E-state index in [4.69, 9.17) is 20.9 Å². The SMILES string of the molecule is O=C(OCc1nc(-c2ccccc2Cl)no1)c1ccc(F)c(F)c1. The minimum Gasteiger partial charge on any atom is -0.452 e. The summed E-state index contributed by atoms with van der Waals surface area (Å²) in [6.07, 6.45) is 0. The summed E-state index contributed by atoms with van der Waals surface area (Å²) in [6.45, 7) is -0.310. The van der Waals surface area contributed by atoms with Crippen molar-refractivity contribution in [3.8, 4) is 11.4 Å². The number of hydrogen-bond donors (Lipinski definition) is 0. The highest BCUT2D eigenvalue weighted by atomic mass is 35.5. The molecule has 0 radical (unpaired) electrons. The van der Waals surface area contributed by atoms with Gasteiger partial charge in [-0.15, -0.1) is 0 Å². The Balaban J connectivity index is 1.68. The van der Waals surface area contributed by atoms with Gasteiger partial charge in [-0.1, -0.05) is 28.9 Å². The summed E-state index contributed by atoms with van der Waals surface area (Å²) in [4.78, 5) is 15.9. The second-order valence-corrected chi connectivity index (χ2v) is 5.10. The van der Waals surface area contributed by atoms with E-state index in [1.54, 1.807) is 24.3 Å². The van der Waals surface area contributed by atoms with Crippen LogP contribution in [0.5, 0.6) is 0 Å². The molecular weight excluding hydrogens is 342 g/mol. The van der Waals surface area contributed by atoms with Crippen molar-refractivity contribution in [3.05, 3.63) is 70.6 Å². The average molecular weight is 351 g/mol. The molecule has 122 valence electrons.